The van der Waals surface area contributed by atoms with E-state index >= 15 is 0 Å². The van der Waals surface area contributed by atoms with Gasteiger partial charge in [0.25, 0.3) is 0 Å². The molecule has 1 atom stereocenters. The molecule has 4 nitrogen and oxygen atoms in total. The molecule has 0 spiro atoms. The summed E-state index contributed by atoms with van der Waals surface area (Å²) in [4.78, 5) is 11.4. The number of nitrogens with one attached hydrogen (secondary N) is 1. The summed E-state index contributed by atoms with van der Waals surface area (Å²) in [6, 6.07) is 3.78. The Morgan fingerprint density at radius 2 is 2.38 bits per heavy atom. The van der Waals surface area contributed by atoms with Gasteiger partial charge in [0.2, 0.25) is 5.91 Å². The largest absolute Gasteiger partial charge is 0.496 e. The molecule has 1 unspecified atom stereocenters. The van der Waals surface area contributed by atoms with Crippen LogP contribution in [-0.4, -0.2) is 19.6 Å². The van der Waals surface area contributed by atoms with Gasteiger partial charge in [0.05, 0.1) is 11.6 Å². The van der Waals surface area contributed by atoms with Crippen LogP contribution >= 0.6 is 15.9 Å². The highest BCUT2D eigenvalue weighted by molar-refractivity contribution is 9.10. The zero-order valence-electron chi connectivity index (χ0n) is 8.92. The van der Waals surface area contributed by atoms with Crippen LogP contribution in [0.15, 0.2) is 16.6 Å². The second-order valence-corrected chi connectivity index (χ2v) is 4.61. The zero-order valence-corrected chi connectivity index (χ0v) is 10.5. The normalized spacial score (nSPS) is 18.9. The van der Waals surface area contributed by atoms with Crippen LogP contribution in [0.5, 0.6) is 5.75 Å². The van der Waals surface area contributed by atoms with Crippen LogP contribution in [0.1, 0.15) is 17.9 Å². The second-order valence-electron chi connectivity index (χ2n) is 3.76. The van der Waals surface area contributed by atoms with Gasteiger partial charge in [-0.1, -0.05) is 0 Å². The number of rotatable bonds is 2. The molecular weight excluding hydrogens is 272 g/mol. The van der Waals surface area contributed by atoms with E-state index in [2.05, 4.69) is 21.2 Å². The smallest absolute Gasteiger partial charge is 0.225 e. The van der Waals surface area contributed by atoms with Crippen LogP contribution in [0.4, 0.5) is 5.69 Å². The minimum atomic E-state index is 0.0139. The Labute approximate surface area is 102 Å². The summed E-state index contributed by atoms with van der Waals surface area (Å²) >= 11 is 3.39. The molecule has 1 aliphatic rings. The van der Waals surface area contributed by atoms with Gasteiger partial charge >= 0.3 is 0 Å². The number of amides is 1. The maximum Gasteiger partial charge on any atom is 0.225 e. The van der Waals surface area contributed by atoms with Crippen molar-refractivity contribution >= 4 is 27.5 Å². The first kappa shape index (κ1) is 11.4. The quantitative estimate of drug-likeness (QED) is 0.871. The molecule has 0 radical (unpaired) electrons. The Hall–Kier alpha value is -1.07. The van der Waals surface area contributed by atoms with E-state index in [-0.39, 0.29) is 11.8 Å². The number of anilines is 1. The van der Waals surface area contributed by atoms with Gasteiger partial charge in [0.1, 0.15) is 5.75 Å². The third kappa shape index (κ3) is 1.92. The van der Waals surface area contributed by atoms with Crippen LogP contribution in [0.25, 0.3) is 0 Å². The van der Waals surface area contributed by atoms with E-state index < -0.39 is 0 Å². The van der Waals surface area contributed by atoms with E-state index in [1.807, 2.05) is 12.1 Å². The third-order valence-corrected chi connectivity index (χ3v) is 3.37. The Morgan fingerprint density at radius 3 is 3.00 bits per heavy atom. The topological polar surface area (TPSA) is 64.3 Å². The standard InChI is InChI=1S/C11H13BrN2O2/c1-16-10-3-7-6(5-13)2-11(15)14-9(7)4-8(10)12/h3-4,6H,2,5,13H2,1H3,(H,14,15). The van der Waals surface area contributed by atoms with Crippen LogP contribution in [-0.2, 0) is 4.79 Å². The van der Waals surface area contributed by atoms with Crippen LogP contribution in [0.2, 0.25) is 0 Å². The van der Waals surface area contributed by atoms with Gasteiger partial charge in [-0.05, 0) is 40.2 Å². The fourth-order valence-electron chi connectivity index (χ4n) is 1.92. The van der Waals surface area contributed by atoms with Gasteiger partial charge in [-0.3, -0.25) is 4.79 Å². The molecule has 2 rings (SSSR count). The number of hydrogen-bond acceptors (Lipinski definition) is 3. The molecule has 1 aromatic rings. The Bertz CT molecular complexity index is 434. The second kappa shape index (κ2) is 4.43. The number of fused-ring (bicyclic) bond motifs is 1. The van der Waals surface area contributed by atoms with Gasteiger partial charge in [-0.2, -0.15) is 0 Å². The van der Waals surface area contributed by atoms with Gasteiger partial charge in [0.15, 0.2) is 0 Å². The lowest BCUT2D eigenvalue weighted by Gasteiger charge is -2.25. The molecule has 0 saturated carbocycles. The van der Waals surface area contributed by atoms with Crippen LogP contribution < -0.4 is 15.8 Å². The van der Waals surface area contributed by atoms with E-state index in [0.717, 1.165) is 21.5 Å². The van der Waals surface area contributed by atoms with Gasteiger partial charge in [-0.15, -0.1) is 0 Å². The van der Waals surface area contributed by atoms with Crippen molar-refractivity contribution in [1.82, 2.24) is 0 Å². The monoisotopic (exact) mass is 284 g/mol. The first-order valence-corrected chi connectivity index (χ1v) is 5.82. The highest BCUT2D eigenvalue weighted by atomic mass is 79.9. The summed E-state index contributed by atoms with van der Waals surface area (Å²) < 4.78 is 6.06. The van der Waals surface area contributed by atoms with Crippen molar-refractivity contribution < 1.29 is 9.53 Å². The summed E-state index contributed by atoms with van der Waals surface area (Å²) in [6.45, 7) is 0.463. The molecule has 0 aliphatic carbocycles. The van der Waals surface area contributed by atoms with Crippen molar-refractivity contribution in [3.63, 3.8) is 0 Å². The lowest BCUT2D eigenvalue weighted by molar-refractivity contribution is -0.116. The average molecular weight is 285 g/mol. The lowest BCUT2D eigenvalue weighted by Crippen LogP contribution is -2.27. The first-order valence-electron chi connectivity index (χ1n) is 5.03. The van der Waals surface area contributed by atoms with Gasteiger partial charge in [0, 0.05) is 18.0 Å². The number of benzene rings is 1. The molecule has 3 N–H and O–H groups in total. The summed E-state index contributed by atoms with van der Waals surface area (Å²) in [5.74, 6) is 0.846. The highest BCUT2D eigenvalue weighted by Gasteiger charge is 2.25. The number of hydrogen-bond donors (Lipinski definition) is 2. The van der Waals surface area contributed by atoms with Crippen molar-refractivity contribution in [3.05, 3.63) is 22.2 Å². The summed E-state index contributed by atoms with van der Waals surface area (Å²) in [6.07, 6.45) is 0.439. The van der Waals surface area contributed by atoms with Crippen LogP contribution in [0, 0.1) is 0 Å². The van der Waals surface area contributed by atoms with Gasteiger partial charge in [-0.25, -0.2) is 0 Å². The van der Waals surface area contributed by atoms with Crippen LogP contribution in [0.3, 0.4) is 0 Å². The summed E-state index contributed by atoms with van der Waals surface area (Å²) in [7, 11) is 1.62. The fourth-order valence-corrected chi connectivity index (χ4v) is 2.42. The first-order chi connectivity index (χ1) is 7.65. The van der Waals surface area contributed by atoms with E-state index in [0.29, 0.717) is 13.0 Å². The molecule has 1 heterocycles. The lowest BCUT2D eigenvalue weighted by atomic mass is 9.90. The molecular formula is C11H13BrN2O2. The van der Waals surface area contributed by atoms with E-state index in [4.69, 9.17) is 10.5 Å². The number of carbonyl (C=O) groups is 1. The van der Waals surface area contributed by atoms with Gasteiger partial charge < -0.3 is 15.8 Å². The molecule has 0 bridgehead atoms. The molecule has 1 aromatic carbocycles. The molecule has 1 amide bonds. The van der Waals surface area contributed by atoms with Crippen molar-refractivity contribution in [2.75, 3.05) is 19.0 Å². The van der Waals surface area contributed by atoms with Crippen molar-refractivity contribution in [1.29, 1.82) is 0 Å². The van der Waals surface area contributed by atoms with Crippen molar-refractivity contribution in [2.45, 2.75) is 12.3 Å². The number of ether oxygens (including phenoxy) is 1. The Morgan fingerprint density at radius 1 is 1.62 bits per heavy atom. The van der Waals surface area contributed by atoms with E-state index in [9.17, 15) is 4.79 Å². The number of carbonyl (C=O) groups excluding carboxylic acids is 1. The third-order valence-electron chi connectivity index (χ3n) is 2.75. The number of methoxy groups -OCH3 is 1. The summed E-state index contributed by atoms with van der Waals surface area (Å²) in [5.41, 5.74) is 7.54. The maximum atomic E-state index is 11.4. The molecule has 5 heteroatoms. The number of halogens is 1. The van der Waals surface area contributed by atoms with Crippen molar-refractivity contribution in [2.24, 2.45) is 5.73 Å². The summed E-state index contributed by atoms with van der Waals surface area (Å²) in [5, 5.41) is 2.84. The Kier molecular flexibility index (Phi) is 3.16. The maximum absolute atomic E-state index is 11.4. The molecule has 86 valence electrons. The number of nitrogens with two attached hydrogens (primary N) is 1. The molecule has 0 saturated heterocycles. The minimum Gasteiger partial charge on any atom is -0.496 e. The Balaban J connectivity index is 2.50. The zero-order chi connectivity index (χ0) is 11.7. The highest BCUT2D eigenvalue weighted by Crippen LogP contribution is 2.38. The van der Waals surface area contributed by atoms with E-state index in [1.165, 1.54) is 0 Å². The molecule has 0 aromatic heterocycles. The predicted octanol–water partition coefficient (Wildman–Crippen LogP) is 1.84. The fraction of sp³-hybridized carbons (Fsp3) is 0.364. The van der Waals surface area contributed by atoms with E-state index in [1.54, 1.807) is 7.11 Å². The minimum absolute atomic E-state index is 0.0139. The molecule has 16 heavy (non-hydrogen) atoms. The molecule has 0 fully saturated rings. The molecule has 1 aliphatic heterocycles. The SMILES string of the molecule is COc1cc2c(cc1Br)NC(=O)CC2CN. The average Bonchev–Trinajstić information content (AvgIpc) is 2.26. The predicted molar refractivity (Wildman–Crippen MR) is 65.7 cm³/mol. The van der Waals surface area contributed by atoms with Crippen molar-refractivity contribution in [3.8, 4) is 5.75 Å².